The number of amides is 1. The van der Waals surface area contributed by atoms with Crippen LogP contribution in [0.2, 0.25) is 0 Å². The van der Waals surface area contributed by atoms with Crippen LogP contribution in [-0.4, -0.2) is 75.7 Å². The average molecular weight is 313 g/mol. The van der Waals surface area contributed by atoms with Gasteiger partial charge in [-0.15, -0.1) is 0 Å². The fourth-order valence-corrected chi connectivity index (χ4v) is 2.17. The molecule has 1 heterocycles. The van der Waals surface area contributed by atoms with Gasteiger partial charge in [0.15, 0.2) is 6.23 Å². The van der Waals surface area contributed by atoms with Crippen molar-refractivity contribution in [1.82, 2.24) is 4.90 Å². The Kier molecular flexibility index (Phi) is 5.33. The molecule has 0 saturated carbocycles. The maximum absolute atomic E-state index is 12.0. The fraction of sp³-hybridized carbons (Fsp3) is 0.500. The quantitative estimate of drug-likeness (QED) is 0.560. The molecule has 0 aromatic heterocycles. The Morgan fingerprint density at radius 3 is 2.41 bits per heavy atom. The number of nitrogens with zero attached hydrogens (tertiary/aromatic N) is 1. The first-order valence-corrected chi connectivity index (χ1v) is 6.76. The van der Waals surface area contributed by atoms with Crippen molar-refractivity contribution in [3.05, 3.63) is 30.3 Å². The Bertz CT molecular complexity index is 495. The third-order valence-electron chi connectivity index (χ3n) is 3.49. The molecule has 0 spiro atoms. The van der Waals surface area contributed by atoms with Crippen molar-refractivity contribution in [3.63, 3.8) is 0 Å². The number of carbonyl (C=O) groups excluding carboxylic acids is 1. The second kappa shape index (κ2) is 7.03. The lowest BCUT2D eigenvalue weighted by Crippen LogP contribution is -2.63. The van der Waals surface area contributed by atoms with Gasteiger partial charge in [0.05, 0.1) is 6.61 Å². The summed E-state index contributed by atoms with van der Waals surface area (Å²) in [6.07, 6.45) is -7.72. The molecule has 22 heavy (non-hydrogen) atoms. The predicted octanol–water partition coefficient (Wildman–Crippen LogP) is -1.08. The maximum Gasteiger partial charge on any atom is 0.417 e. The van der Waals surface area contributed by atoms with Crippen LogP contribution >= 0.6 is 0 Å². The lowest BCUT2D eigenvalue weighted by Gasteiger charge is -2.42. The van der Waals surface area contributed by atoms with Gasteiger partial charge in [0.2, 0.25) is 0 Å². The molecule has 1 aliphatic heterocycles. The van der Waals surface area contributed by atoms with E-state index in [0.29, 0.717) is 5.75 Å². The molecule has 1 saturated heterocycles. The third-order valence-corrected chi connectivity index (χ3v) is 3.49. The van der Waals surface area contributed by atoms with Gasteiger partial charge in [-0.25, -0.2) is 4.79 Å². The summed E-state index contributed by atoms with van der Waals surface area (Å²) in [6.45, 7) is -0.566. The van der Waals surface area contributed by atoms with Crippen LogP contribution < -0.4 is 4.74 Å². The van der Waals surface area contributed by atoms with E-state index >= 15 is 0 Å². The summed E-state index contributed by atoms with van der Waals surface area (Å²) in [6, 6.07) is 8.31. The number of para-hydroxylation sites is 1. The van der Waals surface area contributed by atoms with Gasteiger partial charge < -0.3 is 29.9 Å². The minimum atomic E-state index is -1.55. The van der Waals surface area contributed by atoms with Gasteiger partial charge in [-0.3, -0.25) is 4.90 Å². The molecule has 1 aromatic rings. The normalized spacial score (nSPS) is 31.6. The van der Waals surface area contributed by atoms with Crippen molar-refractivity contribution in [1.29, 1.82) is 0 Å². The fourth-order valence-electron chi connectivity index (χ4n) is 2.17. The largest absolute Gasteiger partial charge is 0.417 e. The van der Waals surface area contributed by atoms with E-state index in [1.165, 1.54) is 7.05 Å². The van der Waals surface area contributed by atoms with E-state index in [2.05, 4.69) is 0 Å². The molecule has 0 bridgehead atoms. The second-order valence-corrected chi connectivity index (χ2v) is 5.01. The van der Waals surface area contributed by atoms with Crippen molar-refractivity contribution in [3.8, 4) is 5.75 Å². The van der Waals surface area contributed by atoms with Gasteiger partial charge in [-0.05, 0) is 12.1 Å². The summed E-state index contributed by atoms with van der Waals surface area (Å²) in [5.41, 5.74) is 0. The molecule has 8 heteroatoms. The number of carbonyl (C=O) groups is 1. The van der Waals surface area contributed by atoms with E-state index in [4.69, 9.17) is 14.6 Å². The monoisotopic (exact) mass is 313 g/mol. The summed E-state index contributed by atoms with van der Waals surface area (Å²) in [7, 11) is 1.32. The Balaban J connectivity index is 2.07. The standard InChI is InChI=1S/C14H19NO7/c1-15(14(20)21-8-5-3-2-4-6-8)13-12(19)11(18)10(17)9(7-16)22-13/h2-6,9-13,16-19H,7H2,1H3/t9-,10-,11+,12-,13-/m1/s1. The number of hydrogen-bond acceptors (Lipinski definition) is 7. The first-order chi connectivity index (χ1) is 10.5. The highest BCUT2D eigenvalue weighted by Gasteiger charge is 2.46. The molecule has 0 unspecified atom stereocenters. The van der Waals surface area contributed by atoms with E-state index in [-0.39, 0.29) is 0 Å². The summed E-state index contributed by atoms with van der Waals surface area (Å²) >= 11 is 0. The number of aliphatic hydroxyl groups excluding tert-OH is 4. The SMILES string of the molecule is CN(C(=O)Oc1ccccc1)[C@@H]1O[C@H](CO)[C@@H](O)[C@H](O)[C@H]1O. The first-order valence-electron chi connectivity index (χ1n) is 6.76. The molecule has 1 amide bonds. The Morgan fingerprint density at radius 1 is 1.18 bits per heavy atom. The molecule has 122 valence electrons. The molecule has 1 aromatic carbocycles. The summed E-state index contributed by atoms with van der Waals surface area (Å²) in [5.74, 6) is 0.309. The van der Waals surface area contributed by atoms with E-state index < -0.39 is 43.3 Å². The predicted molar refractivity (Wildman–Crippen MR) is 74.0 cm³/mol. The maximum atomic E-state index is 12.0. The van der Waals surface area contributed by atoms with Gasteiger partial charge in [0.25, 0.3) is 0 Å². The average Bonchev–Trinajstić information content (AvgIpc) is 2.53. The van der Waals surface area contributed by atoms with Crippen molar-refractivity contribution in [2.24, 2.45) is 0 Å². The van der Waals surface area contributed by atoms with E-state index in [0.717, 1.165) is 4.90 Å². The van der Waals surface area contributed by atoms with Gasteiger partial charge in [-0.2, -0.15) is 0 Å². The number of likely N-dealkylation sites (N-methyl/N-ethyl adjacent to an activating group) is 1. The molecule has 1 aliphatic rings. The van der Waals surface area contributed by atoms with Crippen molar-refractivity contribution >= 4 is 6.09 Å². The number of ether oxygens (including phenoxy) is 2. The Labute approximate surface area is 127 Å². The highest BCUT2D eigenvalue weighted by molar-refractivity contribution is 5.70. The van der Waals surface area contributed by atoms with E-state index in [9.17, 15) is 20.1 Å². The van der Waals surface area contributed by atoms with Crippen LogP contribution in [0.25, 0.3) is 0 Å². The number of benzene rings is 1. The lowest BCUT2D eigenvalue weighted by atomic mass is 9.98. The molecule has 1 fully saturated rings. The topological polar surface area (TPSA) is 120 Å². The van der Waals surface area contributed by atoms with Gasteiger partial charge in [0.1, 0.15) is 30.2 Å². The summed E-state index contributed by atoms with van der Waals surface area (Å²) in [4.78, 5) is 13.0. The van der Waals surface area contributed by atoms with Crippen molar-refractivity contribution < 1.29 is 34.7 Å². The van der Waals surface area contributed by atoms with Crippen molar-refractivity contribution in [2.75, 3.05) is 13.7 Å². The van der Waals surface area contributed by atoms with Crippen LogP contribution in [-0.2, 0) is 4.74 Å². The van der Waals surface area contributed by atoms with Gasteiger partial charge in [0, 0.05) is 7.05 Å². The highest BCUT2D eigenvalue weighted by atomic mass is 16.6. The van der Waals surface area contributed by atoms with Gasteiger partial charge in [-0.1, -0.05) is 18.2 Å². The molecular formula is C14H19NO7. The molecule has 8 nitrogen and oxygen atoms in total. The van der Waals surface area contributed by atoms with Crippen LogP contribution in [0.3, 0.4) is 0 Å². The summed E-state index contributed by atoms with van der Waals surface area (Å²) in [5, 5.41) is 38.5. The molecule has 0 radical (unpaired) electrons. The van der Waals surface area contributed by atoms with Crippen LogP contribution in [0.5, 0.6) is 5.75 Å². The minimum Gasteiger partial charge on any atom is -0.410 e. The van der Waals surface area contributed by atoms with Crippen molar-refractivity contribution in [2.45, 2.75) is 30.6 Å². The summed E-state index contributed by atoms with van der Waals surface area (Å²) < 4.78 is 10.4. The highest BCUT2D eigenvalue weighted by Crippen LogP contribution is 2.23. The first kappa shape index (κ1) is 16.7. The van der Waals surface area contributed by atoms with Crippen LogP contribution in [0.4, 0.5) is 4.79 Å². The van der Waals surface area contributed by atoms with Crippen LogP contribution in [0.15, 0.2) is 30.3 Å². The minimum absolute atomic E-state index is 0.309. The zero-order valence-corrected chi connectivity index (χ0v) is 11.9. The smallest absolute Gasteiger partial charge is 0.410 e. The molecule has 4 N–H and O–H groups in total. The Hall–Kier alpha value is -1.71. The zero-order chi connectivity index (χ0) is 16.3. The van der Waals surface area contributed by atoms with Gasteiger partial charge >= 0.3 is 6.09 Å². The molecule has 2 rings (SSSR count). The van der Waals surface area contributed by atoms with E-state index in [1.807, 2.05) is 0 Å². The number of aliphatic hydroxyl groups is 4. The number of hydrogen-bond donors (Lipinski definition) is 4. The Morgan fingerprint density at radius 2 is 1.82 bits per heavy atom. The second-order valence-electron chi connectivity index (χ2n) is 5.01. The molecule has 5 atom stereocenters. The number of rotatable bonds is 3. The molecular weight excluding hydrogens is 294 g/mol. The van der Waals surface area contributed by atoms with Crippen LogP contribution in [0.1, 0.15) is 0 Å². The van der Waals surface area contributed by atoms with Crippen LogP contribution in [0, 0.1) is 0 Å². The molecule has 0 aliphatic carbocycles. The van der Waals surface area contributed by atoms with E-state index in [1.54, 1.807) is 30.3 Å². The zero-order valence-electron chi connectivity index (χ0n) is 11.9. The third kappa shape index (κ3) is 3.37. The lowest BCUT2D eigenvalue weighted by molar-refractivity contribution is -0.255.